The molecule has 2 heterocycles. The standard InChI is InChI=1S/C22H28O10/c1-5-28-19(24)22(11-16(23)26-4)18(29-20(25)32-22)17-15(30-21(2,3)31-17)13-27-12-14-9-7-6-8-10-14/h6-10,15,17-18H,5,11-13H2,1-4H3/t15-,17+,18?,22?/m0/s1. The van der Waals surface area contributed by atoms with E-state index in [1.54, 1.807) is 20.8 Å². The lowest BCUT2D eigenvalue weighted by Gasteiger charge is -2.31. The number of esters is 2. The number of hydrogen-bond acceptors (Lipinski definition) is 10. The highest BCUT2D eigenvalue weighted by Gasteiger charge is 2.66. The normalized spacial score (nSPS) is 28.6. The van der Waals surface area contributed by atoms with Crippen LogP contribution in [0.5, 0.6) is 0 Å². The Morgan fingerprint density at radius 2 is 1.84 bits per heavy atom. The fraction of sp³-hybridized carbons (Fsp3) is 0.591. The summed E-state index contributed by atoms with van der Waals surface area (Å²) >= 11 is 0. The zero-order valence-corrected chi connectivity index (χ0v) is 18.5. The van der Waals surface area contributed by atoms with Crippen LogP contribution < -0.4 is 0 Å². The van der Waals surface area contributed by atoms with Gasteiger partial charge in [0.05, 0.1) is 26.9 Å². The van der Waals surface area contributed by atoms with Gasteiger partial charge in [0.2, 0.25) is 0 Å². The molecule has 2 saturated heterocycles. The van der Waals surface area contributed by atoms with Gasteiger partial charge in [0.1, 0.15) is 18.6 Å². The topological polar surface area (TPSA) is 116 Å². The molecule has 1 aromatic carbocycles. The Morgan fingerprint density at radius 1 is 1.12 bits per heavy atom. The van der Waals surface area contributed by atoms with Crippen LogP contribution in [0.25, 0.3) is 0 Å². The first-order valence-corrected chi connectivity index (χ1v) is 10.3. The summed E-state index contributed by atoms with van der Waals surface area (Å²) in [5.74, 6) is -2.78. The van der Waals surface area contributed by atoms with Crippen LogP contribution in [-0.4, -0.2) is 68.1 Å². The van der Waals surface area contributed by atoms with Gasteiger partial charge in [-0.3, -0.25) is 4.79 Å². The zero-order valence-electron chi connectivity index (χ0n) is 18.5. The molecule has 0 bridgehead atoms. The van der Waals surface area contributed by atoms with E-state index < -0.39 is 54.2 Å². The highest BCUT2D eigenvalue weighted by molar-refractivity contribution is 5.90. The molecule has 10 heteroatoms. The molecule has 0 saturated carbocycles. The average Bonchev–Trinajstić information content (AvgIpc) is 3.24. The Hall–Kier alpha value is -2.69. The Kier molecular flexibility index (Phi) is 7.37. The molecule has 2 aliphatic rings. The first-order valence-electron chi connectivity index (χ1n) is 10.3. The number of carbonyl (C=O) groups excluding carboxylic acids is 3. The second-order valence-corrected chi connectivity index (χ2v) is 7.89. The zero-order chi connectivity index (χ0) is 23.4. The van der Waals surface area contributed by atoms with Crippen LogP contribution in [0.2, 0.25) is 0 Å². The van der Waals surface area contributed by atoms with E-state index in [1.807, 2.05) is 30.3 Å². The highest BCUT2D eigenvalue weighted by atomic mass is 16.8. The lowest BCUT2D eigenvalue weighted by molar-refractivity contribution is -0.182. The van der Waals surface area contributed by atoms with E-state index in [1.165, 1.54) is 0 Å². The van der Waals surface area contributed by atoms with E-state index in [0.29, 0.717) is 6.61 Å². The van der Waals surface area contributed by atoms with Crippen molar-refractivity contribution in [3.63, 3.8) is 0 Å². The minimum atomic E-state index is -2.08. The number of rotatable bonds is 9. The van der Waals surface area contributed by atoms with Crippen LogP contribution in [0.1, 0.15) is 32.8 Å². The molecule has 3 rings (SSSR count). The Balaban J connectivity index is 1.84. The van der Waals surface area contributed by atoms with Crippen molar-refractivity contribution in [2.24, 2.45) is 0 Å². The lowest BCUT2D eigenvalue weighted by atomic mass is 9.87. The van der Waals surface area contributed by atoms with Gasteiger partial charge in [0, 0.05) is 0 Å². The summed E-state index contributed by atoms with van der Waals surface area (Å²) in [7, 11) is 1.16. The van der Waals surface area contributed by atoms with Gasteiger partial charge < -0.3 is 33.2 Å². The van der Waals surface area contributed by atoms with E-state index in [0.717, 1.165) is 12.7 Å². The number of cyclic esters (lactones) is 2. The maximum absolute atomic E-state index is 12.9. The van der Waals surface area contributed by atoms with Crippen molar-refractivity contribution < 1.29 is 47.5 Å². The Bertz CT molecular complexity index is 823. The summed E-state index contributed by atoms with van der Waals surface area (Å²) in [6.45, 7) is 5.36. The minimum Gasteiger partial charge on any atom is -0.469 e. The number of ether oxygens (including phenoxy) is 7. The van der Waals surface area contributed by atoms with Crippen molar-refractivity contribution in [2.45, 2.75) is 63.5 Å². The molecule has 10 nitrogen and oxygen atoms in total. The second-order valence-electron chi connectivity index (χ2n) is 7.89. The van der Waals surface area contributed by atoms with Gasteiger partial charge in [0.25, 0.3) is 5.60 Å². The molecule has 2 unspecified atom stereocenters. The van der Waals surface area contributed by atoms with Gasteiger partial charge in [-0.1, -0.05) is 30.3 Å². The van der Waals surface area contributed by atoms with Crippen molar-refractivity contribution in [1.29, 1.82) is 0 Å². The van der Waals surface area contributed by atoms with E-state index in [-0.39, 0.29) is 13.2 Å². The predicted molar refractivity (Wildman–Crippen MR) is 107 cm³/mol. The molecule has 0 radical (unpaired) electrons. The van der Waals surface area contributed by atoms with Crippen LogP contribution in [0.4, 0.5) is 4.79 Å². The Morgan fingerprint density at radius 3 is 2.50 bits per heavy atom. The van der Waals surface area contributed by atoms with Crippen LogP contribution in [0.3, 0.4) is 0 Å². The third-order valence-electron chi connectivity index (χ3n) is 5.12. The van der Waals surface area contributed by atoms with Gasteiger partial charge in [-0.15, -0.1) is 0 Å². The third kappa shape index (κ3) is 5.20. The number of methoxy groups -OCH3 is 1. The van der Waals surface area contributed by atoms with Crippen molar-refractivity contribution in [1.82, 2.24) is 0 Å². The van der Waals surface area contributed by atoms with Gasteiger partial charge in [-0.2, -0.15) is 0 Å². The van der Waals surface area contributed by atoms with Gasteiger partial charge >= 0.3 is 18.1 Å². The maximum atomic E-state index is 12.9. The monoisotopic (exact) mass is 452 g/mol. The highest BCUT2D eigenvalue weighted by Crippen LogP contribution is 2.41. The molecule has 0 aromatic heterocycles. The van der Waals surface area contributed by atoms with Crippen molar-refractivity contribution in [2.75, 3.05) is 20.3 Å². The molecule has 0 N–H and O–H groups in total. The lowest BCUT2D eigenvalue weighted by Crippen LogP contribution is -2.57. The second kappa shape index (κ2) is 9.85. The van der Waals surface area contributed by atoms with Gasteiger partial charge in [-0.05, 0) is 26.3 Å². The van der Waals surface area contributed by atoms with E-state index in [2.05, 4.69) is 0 Å². The molecule has 1 aromatic rings. The quantitative estimate of drug-likeness (QED) is 0.407. The fourth-order valence-corrected chi connectivity index (χ4v) is 3.78. The summed E-state index contributed by atoms with van der Waals surface area (Å²) < 4.78 is 38.1. The Labute approximate surface area is 186 Å². The summed E-state index contributed by atoms with van der Waals surface area (Å²) in [5.41, 5.74) is -1.11. The van der Waals surface area contributed by atoms with E-state index in [9.17, 15) is 14.4 Å². The predicted octanol–water partition coefficient (Wildman–Crippen LogP) is 2.12. The molecule has 2 fully saturated rings. The van der Waals surface area contributed by atoms with Gasteiger partial charge in [-0.25, -0.2) is 9.59 Å². The molecule has 176 valence electrons. The summed E-state index contributed by atoms with van der Waals surface area (Å²) in [5, 5.41) is 0. The fourth-order valence-electron chi connectivity index (χ4n) is 3.78. The first kappa shape index (κ1) is 24.0. The van der Waals surface area contributed by atoms with Crippen LogP contribution in [0, 0.1) is 0 Å². The smallest absolute Gasteiger partial charge is 0.469 e. The molecule has 0 aliphatic carbocycles. The summed E-state index contributed by atoms with van der Waals surface area (Å²) in [6.07, 6.45) is -4.73. The minimum absolute atomic E-state index is 0.00313. The largest absolute Gasteiger partial charge is 0.510 e. The molecular weight excluding hydrogens is 424 g/mol. The summed E-state index contributed by atoms with van der Waals surface area (Å²) in [4.78, 5) is 37.1. The van der Waals surface area contributed by atoms with Crippen LogP contribution in [0.15, 0.2) is 30.3 Å². The molecule has 0 spiro atoms. The molecule has 0 amide bonds. The average molecular weight is 452 g/mol. The van der Waals surface area contributed by atoms with Crippen LogP contribution in [-0.2, 0) is 49.4 Å². The third-order valence-corrected chi connectivity index (χ3v) is 5.12. The van der Waals surface area contributed by atoms with Crippen molar-refractivity contribution in [3.8, 4) is 0 Å². The summed E-state index contributed by atoms with van der Waals surface area (Å²) in [6, 6.07) is 9.54. The van der Waals surface area contributed by atoms with Crippen molar-refractivity contribution >= 4 is 18.1 Å². The van der Waals surface area contributed by atoms with E-state index >= 15 is 0 Å². The number of benzene rings is 1. The SMILES string of the molecule is CCOC(=O)C1(CC(=O)OC)OC(=O)OC1[C@@H]1OC(C)(C)O[C@H]1COCc1ccccc1. The molecule has 32 heavy (non-hydrogen) atoms. The number of hydrogen-bond donors (Lipinski definition) is 0. The number of carbonyl (C=O) groups is 3. The van der Waals surface area contributed by atoms with E-state index in [4.69, 9.17) is 33.2 Å². The van der Waals surface area contributed by atoms with Crippen molar-refractivity contribution in [3.05, 3.63) is 35.9 Å². The molecule has 2 aliphatic heterocycles. The first-order chi connectivity index (χ1) is 15.2. The van der Waals surface area contributed by atoms with Gasteiger partial charge in [0.15, 0.2) is 11.9 Å². The molecule has 4 atom stereocenters. The van der Waals surface area contributed by atoms with Crippen LogP contribution >= 0.6 is 0 Å². The maximum Gasteiger partial charge on any atom is 0.510 e. The molecular formula is C22H28O10.